The molecule has 0 bridgehead atoms. The zero-order valence-electron chi connectivity index (χ0n) is 33.8. The van der Waals surface area contributed by atoms with Crippen molar-refractivity contribution in [2.45, 2.75) is 57.8 Å². The van der Waals surface area contributed by atoms with Gasteiger partial charge in [0.1, 0.15) is 23.8 Å². The number of piperidine rings is 1. The summed E-state index contributed by atoms with van der Waals surface area (Å²) >= 11 is 0. The van der Waals surface area contributed by atoms with E-state index >= 15 is 0 Å². The van der Waals surface area contributed by atoms with E-state index in [0.29, 0.717) is 48.8 Å². The van der Waals surface area contributed by atoms with Crippen LogP contribution in [0.2, 0.25) is 0 Å². The molecule has 3 aromatic carbocycles. The molecule has 2 saturated heterocycles. The Morgan fingerprint density at radius 2 is 1.80 bits per heavy atom. The molecule has 3 N–H and O–H groups in total. The van der Waals surface area contributed by atoms with Crippen LogP contribution in [0.3, 0.4) is 0 Å². The maximum Gasteiger partial charge on any atom is 0.255 e. The summed E-state index contributed by atoms with van der Waals surface area (Å²) in [7, 11) is 1.89. The molecule has 16 heteroatoms. The monoisotopic (exact) mass is 811 g/mol. The fourth-order valence-electron chi connectivity index (χ4n) is 7.94. The second-order valence-electron chi connectivity index (χ2n) is 15.4. The zero-order valence-corrected chi connectivity index (χ0v) is 33.8. The van der Waals surface area contributed by atoms with Crippen LogP contribution in [0.4, 0.5) is 11.4 Å². The summed E-state index contributed by atoms with van der Waals surface area (Å²) < 4.78 is 7.93. The number of anilines is 2. The number of benzene rings is 3. The lowest BCUT2D eigenvalue weighted by atomic mass is 10.0. The quantitative estimate of drug-likeness (QED) is 0.102. The second kappa shape index (κ2) is 18.1. The first-order valence-corrected chi connectivity index (χ1v) is 20.5. The Kier molecular flexibility index (Phi) is 12.1. The van der Waals surface area contributed by atoms with Crippen LogP contribution in [-0.4, -0.2) is 104 Å². The summed E-state index contributed by atoms with van der Waals surface area (Å²) in [5, 5.41) is 17.4. The highest BCUT2D eigenvalue weighted by Crippen LogP contribution is 2.31. The average molecular weight is 812 g/mol. The normalized spacial score (nSPS) is 17.3. The number of hydrogen-bond donors (Lipinski definition) is 3. The third-order valence-corrected chi connectivity index (χ3v) is 11.5. The summed E-state index contributed by atoms with van der Waals surface area (Å²) in [5.41, 5.74) is 5.67. The number of imide groups is 1. The number of nitrogens with one attached hydrogen (secondary N) is 3. The van der Waals surface area contributed by atoms with Crippen LogP contribution in [0, 0.1) is 0 Å². The van der Waals surface area contributed by atoms with E-state index in [1.807, 2.05) is 73.1 Å². The van der Waals surface area contributed by atoms with E-state index in [9.17, 15) is 19.2 Å². The first-order valence-electron chi connectivity index (χ1n) is 20.5. The lowest BCUT2D eigenvalue weighted by Gasteiger charge is -2.36. The van der Waals surface area contributed by atoms with Gasteiger partial charge in [-0.3, -0.25) is 29.4 Å². The number of carbonyl (C=O) groups is 4. The number of nitrogens with zero attached hydrogens (tertiary/aromatic N) is 8. The number of aromatic nitrogens is 5. The Morgan fingerprint density at radius 1 is 0.967 bits per heavy atom. The molecule has 3 aliphatic rings. The molecule has 1 unspecified atom stereocenters. The van der Waals surface area contributed by atoms with E-state index < -0.39 is 6.04 Å². The lowest BCUT2D eigenvalue weighted by Crippen LogP contribution is -2.52. The number of ether oxygens (including phenoxy) is 1. The van der Waals surface area contributed by atoms with Crippen molar-refractivity contribution in [3.8, 4) is 17.3 Å². The van der Waals surface area contributed by atoms with Crippen molar-refractivity contribution >= 4 is 35.0 Å². The largest absolute Gasteiger partial charge is 0.494 e. The molecule has 0 saturated carbocycles. The minimum absolute atomic E-state index is 0.146. The van der Waals surface area contributed by atoms with Gasteiger partial charge in [0.25, 0.3) is 11.8 Å². The fourth-order valence-corrected chi connectivity index (χ4v) is 7.94. The summed E-state index contributed by atoms with van der Waals surface area (Å²) in [6, 6.07) is 22.2. The van der Waals surface area contributed by atoms with Crippen molar-refractivity contribution in [3.05, 3.63) is 113 Å². The third kappa shape index (κ3) is 9.13. The molecule has 4 amide bonds. The van der Waals surface area contributed by atoms with Crippen LogP contribution in [-0.2, 0) is 29.7 Å². The lowest BCUT2D eigenvalue weighted by molar-refractivity contribution is -0.136. The molecule has 60 heavy (non-hydrogen) atoms. The Morgan fingerprint density at radius 3 is 2.58 bits per heavy atom. The van der Waals surface area contributed by atoms with Gasteiger partial charge in [-0.1, -0.05) is 18.2 Å². The van der Waals surface area contributed by atoms with Gasteiger partial charge in [0.2, 0.25) is 11.8 Å². The summed E-state index contributed by atoms with van der Waals surface area (Å²) in [6.07, 6.45) is 5.72. The molecule has 3 aliphatic heterocycles. The van der Waals surface area contributed by atoms with Crippen LogP contribution in [0.1, 0.15) is 76.3 Å². The summed E-state index contributed by atoms with van der Waals surface area (Å²) in [5.74, 6) is 1.19. The van der Waals surface area contributed by atoms with Gasteiger partial charge in [0, 0.05) is 74.9 Å². The number of piperazine rings is 1. The molecular formula is C44H49N11O5. The Labute approximate surface area is 348 Å². The first kappa shape index (κ1) is 40.1. The molecule has 5 heterocycles. The van der Waals surface area contributed by atoms with E-state index in [4.69, 9.17) is 4.74 Å². The fraction of sp³-hybridized carbons (Fsp3) is 0.364. The molecule has 2 fully saturated rings. The van der Waals surface area contributed by atoms with Crippen LogP contribution in [0.25, 0.3) is 11.5 Å². The van der Waals surface area contributed by atoms with E-state index in [1.165, 1.54) is 6.33 Å². The van der Waals surface area contributed by atoms with Crippen LogP contribution >= 0.6 is 0 Å². The molecule has 0 spiro atoms. The first-order chi connectivity index (χ1) is 29.2. The van der Waals surface area contributed by atoms with Gasteiger partial charge in [-0.2, -0.15) is 0 Å². The summed E-state index contributed by atoms with van der Waals surface area (Å²) in [4.78, 5) is 65.0. The highest BCUT2D eigenvalue weighted by molar-refractivity contribution is 6.05. The van der Waals surface area contributed by atoms with Crippen LogP contribution in [0.15, 0.2) is 85.3 Å². The van der Waals surface area contributed by atoms with Crippen molar-refractivity contribution in [1.29, 1.82) is 0 Å². The van der Waals surface area contributed by atoms with Crippen molar-refractivity contribution < 1.29 is 23.9 Å². The van der Waals surface area contributed by atoms with Gasteiger partial charge in [-0.25, -0.2) is 9.97 Å². The van der Waals surface area contributed by atoms with Gasteiger partial charge >= 0.3 is 0 Å². The van der Waals surface area contributed by atoms with E-state index in [1.54, 1.807) is 23.2 Å². The number of amides is 4. The predicted molar refractivity (Wildman–Crippen MR) is 224 cm³/mol. The predicted octanol–water partition coefficient (Wildman–Crippen LogP) is 4.12. The van der Waals surface area contributed by atoms with Gasteiger partial charge in [0.15, 0.2) is 11.6 Å². The number of rotatable bonds is 15. The average Bonchev–Trinajstić information content (AvgIpc) is 3.81. The maximum absolute atomic E-state index is 13.2. The standard InChI is InChI=1S/C44H49N11O5/c1-29(48-42(57)31-6-5-7-33(24-31)46-26-39-50-51-41(52(39)2)37-16-17-45-28-47-37)30-8-11-35(12-9-30)60-23-4-3-18-53-19-21-54(22-20-53)34-10-13-36-32(25-34)27-55(44(36)59)38-14-15-40(56)49-43(38)58/h5-13,16-17,24-25,28-29,38,46H,3-4,14-15,18-23,26-27H2,1-2H3,(H,48,57)(H,49,56,58)/t29-,38?/m0/s1. The number of fused-ring (bicyclic) bond motifs is 1. The maximum atomic E-state index is 13.2. The van der Waals surface area contributed by atoms with E-state index in [-0.39, 0.29) is 36.1 Å². The highest BCUT2D eigenvalue weighted by Gasteiger charge is 2.39. The van der Waals surface area contributed by atoms with Crippen molar-refractivity contribution in [2.75, 3.05) is 49.5 Å². The Balaban J connectivity index is 0.727. The zero-order chi connectivity index (χ0) is 41.6. The minimum Gasteiger partial charge on any atom is -0.494 e. The van der Waals surface area contributed by atoms with E-state index in [0.717, 1.165) is 79.6 Å². The van der Waals surface area contributed by atoms with Crippen molar-refractivity contribution in [2.24, 2.45) is 7.05 Å². The number of unbranched alkanes of at least 4 members (excludes halogenated alkanes) is 1. The molecule has 310 valence electrons. The van der Waals surface area contributed by atoms with Crippen molar-refractivity contribution in [1.82, 2.24) is 45.2 Å². The van der Waals surface area contributed by atoms with Crippen LogP contribution < -0.4 is 25.6 Å². The van der Waals surface area contributed by atoms with Crippen molar-refractivity contribution in [3.63, 3.8) is 0 Å². The molecule has 16 nitrogen and oxygen atoms in total. The molecular weight excluding hydrogens is 763 g/mol. The Hall–Kier alpha value is -6.68. The molecule has 2 atom stereocenters. The molecule has 2 aromatic heterocycles. The Bertz CT molecular complexity index is 2340. The summed E-state index contributed by atoms with van der Waals surface area (Å²) in [6.45, 7) is 8.09. The molecule has 8 rings (SSSR count). The van der Waals surface area contributed by atoms with E-state index in [2.05, 4.69) is 52.0 Å². The number of hydrogen-bond acceptors (Lipinski definition) is 12. The third-order valence-electron chi connectivity index (χ3n) is 11.5. The van der Waals surface area contributed by atoms with Gasteiger partial charge in [0.05, 0.1) is 19.2 Å². The highest BCUT2D eigenvalue weighted by atomic mass is 16.5. The number of carbonyl (C=O) groups excluding carboxylic acids is 4. The topological polar surface area (TPSA) is 180 Å². The minimum atomic E-state index is -0.605. The smallest absolute Gasteiger partial charge is 0.255 e. The molecule has 0 radical (unpaired) electrons. The van der Waals surface area contributed by atoms with Crippen LogP contribution in [0.5, 0.6) is 5.75 Å². The van der Waals surface area contributed by atoms with Gasteiger partial charge in [-0.15, -0.1) is 10.2 Å². The molecule has 0 aliphatic carbocycles. The molecule has 5 aromatic rings. The SMILES string of the molecule is C[C@H](NC(=O)c1cccc(NCc2nnc(-c3ccncn3)n2C)c1)c1ccc(OCCCCN2CCN(c3ccc4c(c3)CN(C3CCC(=O)NC3=O)C4=O)CC2)cc1. The van der Waals surface area contributed by atoms with Gasteiger partial charge < -0.3 is 29.7 Å². The second-order valence-corrected chi connectivity index (χ2v) is 15.4. The van der Waals surface area contributed by atoms with Gasteiger partial charge in [-0.05, 0) is 98.5 Å².